The van der Waals surface area contributed by atoms with Crippen LogP contribution in [0.15, 0.2) is 12.1 Å². The summed E-state index contributed by atoms with van der Waals surface area (Å²) in [6, 6.07) is 3.91. The Labute approximate surface area is 95.6 Å². The van der Waals surface area contributed by atoms with E-state index >= 15 is 0 Å². The first-order valence-corrected chi connectivity index (χ1v) is 5.68. The molecule has 0 radical (unpaired) electrons. The van der Waals surface area contributed by atoms with E-state index in [0.717, 1.165) is 18.5 Å². The molecule has 0 amide bonds. The van der Waals surface area contributed by atoms with Gasteiger partial charge in [-0.1, -0.05) is 32.4 Å². The van der Waals surface area contributed by atoms with Crippen LogP contribution in [0.1, 0.15) is 39.3 Å². The van der Waals surface area contributed by atoms with Crippen molar-refractivity contribution in [3.05, 3.63) is 23.0 Å². The average molecular weight is 226 g/mol. The third kappa shape index (κ3) is 2.63. The van der Waals surface area contributed by atoms with Gasteiger partial charge in [-0.05, 0) is 25.0 Å². The van der Waals surface area contributed by atoms with E-state index < -0.39 is 0 Å². The Morgan fingerprint density at radius 2 is 2.00 bits per heavy atom. The summed E-state index contributed by atoms with van der Waals surface area (Å²) >= 11 is 6.07. The van der Waals surface area contributed by atoms with E-state index in [0.29, 0.717) is 17.0 Å². The van der Waals surface area contributed by atoms with Crippen molar-refractivity contribution in [2.24, 2.45) is 0 Å². The van der Waals surface area contributed by atoms with Crippen molar-refractivity contribution < 1.29 is 4.74 Å². The Balaban J connectivity index is 2.21. The molecule has 0 N–H and O–H groups in total. The number of hydrogen-bond acceptors (Lipinski definition) is 2. The Bertz CT molecular complexity index is 366. The van der Waals surface area contributed by atoms with Gasteiger partial charge in [0.2, 0.25) is 0 Å². The molecule has 1 saturated carbocycles. The summed E-state index contributed by atoms with van der Waals surface area (Å²) < 4.78 is 5.63. The van der Waals surface area contributed by atoms with Gasteiger partial charge in [-0.3, -0.25) is 0 Å². The summed E-state index contributed by atoms with van der Waals surface area (Å²) in [5, 5.41) is 0.481. The van der Waals surface area contributed by atoms with Gasteiger partial charge >= 0.3 is 0 Å². The topological polar surface area (TPSA) is 22.1 Å². The lowest BCUT2D eigenvalue weighted by Gasteiger charge is -2.18. The molecule has 82 valence electrons. The van der Waals surface area contributed by atoms with Gasteiger partial charge in [-0.25, -0.2) is 4.98 Å². The fourth-order valence-electron chi connectivity index (χ4n) is 1.29. The zero-order valence-electron chi connectivity index (χ0n) is 9.38. The maximum Gasteiger partial charge on any atom is 0.171 e. The SMILES string of the molecule is CC(C)(C)c1ccc(OC2CC2)c(Cl)n1. The molecule has 0 unspecified atom stereocenters. The third-order valence-electron chi connectivity index (χ3n) is 2.40. The molecule has 1 aliphatic carbocycles. The van der Waals surface area contributed by atoms with Crippen LogP contribution in [0.25, 0.3) is 0 Å². The van der Waals surface area contributed by atoms with E-state index in [-0.39, 0.29) is 5.41 Å². The van der Waals surface area contributed by atoms with Gasteiger partial charge in [0.1, 0.15) is 0 Å². The Hall–Kier alpha value is -0.760. The molecule has 2 rings (SSSR count). The zero-order chi connectivity index (χ0) is 11.1. The van der Waals surface area contributed by atoms with Crippen LogP contribution in [0.3, 0.4) is 0 Å². The van der Waals surface area contributed by atoms with E-state index in [1.807, 2.05) is 12.1 Å². The number of hydrogen-bond donors (Lipinski definition) is 0. The fraction of sp³-hybridized carbons (Fsp3) is 0.583. The zero-order valence-corrected chi connectivity index (χ0v) is 10.1. The summed E-state index contributed by atoms with van der Waals surface area (Å²) in [6.45, 7) is 6.35. The molecule has 0 atom stereocenters. The van der Waals surface area contributed by atoms with Crippen LogP contribution in [0.4, 0.5) is 0 Å². The van der Waals surface area contributed by atoms with Crippen molar-refractivity contribution in [2.75, 3.05) is 0 Å². The van der Waals surface area contributed by atoms with E-state index in [1.165, 1.54) is 0 Å². The van der Waals surface area contributed by atoms with Crippen molar-refractivity contribution in [2.45, 2.75) is 45.1 Å². The Kier molecular flexibility index (Phi) is 2.63. The maximum absolute atomic E-state index is 6.07. The van der Waals surface area contributed by atoms with Gasteiger partial charge in [0, 0.05) is 11.1 Å². The highest BCUT2D eigenvalue weighted by molar-refractivity contribution is 6.30. The van der Waals surface area contributed by atoms with E-state index in [1.54, 1.807) is 0 Å². The van der Waals surface area contributed by atoms with Gasteiger partial charge in [0.15, 0.2) is 10.9 Å². The predicted octanol–water partition coefficient (Wildman–Crippen LogP) is 3.57. The highest BCUT2D eigenvalue weighted by Gasteiger charge is 2.25. The first-order valence-electron chi connectivity index (χ1n) is 5.30. The second-order valence-electron chi connectivity index (χ2n) is 5.05. The number of pyridine rings is 1. The third-order valence-corrected chi connectivity index (χ3v) is 2.67. The van der Waals surface area contributed by atoms with Gasteiger partial charge in [0.05, 0.1) is 6.10 Å². The van der Waals surface area contributed by atoms with Crippen molar-refractivity contribution in [3.8, 4) is 5.75 Å². The minimum Gasteiger partial charge on any atom is -0.487 e. The lowest BCUT2D eigenvalue weighted by atomic mass is 9.92. The molecule has 0 spiro atoms. The summed E-state index contributed by atoms with van der Waals surface area (Å²) in [5.74, 6) is 0.715. The Morgan fingerprint density at radius 1 is 1.33 bits per heavy atom. The molecule has 1 aliphatic rings. The average Bonchev–Trinajstić information content (AvgIpc) is 2.90. The molecule has 0 bridgehead atoms. The standard InChI is InChI=1S/C12H16ClNO/c1-12(2,3)10-7-6-9(11(13)14-10)15-8-4-5-8/h6-8H,4-5H2,1-3H3. The van der Waals surface area contributed by atoms with Crippen LogP contribution >= 0.6 is 11.6 Å². The van der Waals surface area contributed by atoms with Crippen LogP contribution in [-0.4, -0.2) is 11.1 Å². The van der Waals surface area contributed by atoms with Gasteiger partial charge < -0.3 is 4.74 Å². The van der Waals surface area contributed by atoms with Crippen LogP contribution in [0, 0.1) is 0 Å². The molecule has 0 aromatic carbocycles. The van der Waals surface area contributed by atoms with Gasteiger partial charge in [-0.2, -0.15) is 0 Å². The number of halogens is 1. The molecule has 1 heterocycles. The van der Waals surface area contributed by atoms with Crippen LogP contribution < -0.4 is 4.74 Å². The molecule has 0 aliphatic heterocycles. The van der Waals surface area contributed by atoms with Crippen LogP contribution in [0.5, 0.6) is 5.75 Å². The minimum absolute atomic E-state index is 0.0295. The number of rotatable bonds is 2. The molecule has 3 heteroatoms. The van der Waals surface area contributed by atoms with E-state index in [4.69, 9.17) is 16.3 Å². The Morgan fingerprint density at radius 3 is 2.47 bits per heavy atom. The number of nitrogens with zero attached hydrogens (tertiary/aromatic N) is 1. The van der Waals surface area contributed by atoms with Gasteiger partial charge in [-0.15, -0.1) is 0 Å². The summed E-state index contributed by atoms with van der Waals surface area (Å²) in [7, 11) is 0. The molecule has 0 saturated heterocycles. The minimum atomic E-state index is 0.0295. The lowest BCUT2D eigenvalue weighted by molar-refractivity contribution is 0.301. The molecule has 15 heavy (non-hydrogen) atoms. The first-order chi connectivity index (χ1) is 6.97. The number of aromatic nitrogens is 1. The fourth-order valence-corrected chi connectivity index (χ4v) is 1.49. The monoisotopic (exact) mass is 225 g/mol. The quantitative estimate of drug-likeness (QED) is 0.718. The smallest absolute Gasteiger partial charge is 0.171 e. The highest BCUT2D eigenvalue weighted by Crippen LogP contribution is 2.32. The molecular weight excluding hydrogens is 210 g/mol. The molecule has 1 aromatic heterocycles. The largest absolute Gasteiger partial charge is 0.487 e. The second-order valence-corrected chi connectivity index (χ2v) is 5.41. The molecular formula is C12H16ClNO. The summed E-state index contributed by atoms with van der Waals surface area (Å²) in [5.41, 5.74) is 1.03. The van der Waals surface area contributed by atoms with E-state index in [2.05, 4.69) is 25.8 Å². The molecule has 2 nitrogen and oxygen atoms in total. The molecule has 1 aromatic rings. The van der Waals surface area contributed by atoms with Crippen LogP contribution in [0.2, 0.25) is 5.15 Å². The first kappa shape index (κ1) is 10.7. The highest BCUT2D eigenvalue weighted by atomic mass is 35.5. The van der Waals surface area contributed by atoms with Crippen molar-refractivity contribution in [1.82, 2.24) is 4.98 Å². The summed E-state index contributed by atoms with van der Waals surface area (Å²) in [6.07, 6.45) is 2.64. The van der Waals surface area contributed by atoms with E-state index in [9.17, 15) is 0 Å². The van der Waals surface area contributed by atoms with Crippen molar-refractivity contribution in [3.63, 3.8) is 0 Å². The maximum atomic E-state index is 6.07. The van der Waals surface area contributed by atoms with Crippen LogP contribution in [-0.2, 0) is 5.41 Å². The predicted molar refractivity (Wildman–Crippen MR) is 61.6 cm³/mol. The molecule has 1 fully saturated rings. The van der Waals surface area contributed by atoms with Crippen molar-refractivity contribution in [1.29, 1.82) is 0 Å². The summed E-state index contributed by atoms with van der Waals surface area (Å²) in [4.78, 5) is 4.37. The van der Waals surface area contributed by atoms with Crippen molar-refractivity contribution >= 4 is 11.6 Å². The van der Waals surface area contributed by atoms with Gasteiger partial charge in [0.25, 0.3) is 0 Å². The second kappa shape index (κ2) is 3.67. The lowest BCUT2D eigenvalue weighted by Crippen LogP contribution is -2.13. The normalized spacial score (nSPS) is 16.5. The number of ether oxygens (including phenoxy) is 1.